The molecule has 0 aliphatic carbocycles. The minimum Gasteiger partial charge on any atom is -0.383 e. The van der Waals surface area contributed by atoms with Crippen molar-refractivity contribution in [2.45, 2.75) is 16.7 Å². The maximum atomic E-state index is 12.6. The molecule has 1 aliphatic rings. The zero-order valence-corrected chi connectivity index (χ0v) is 15.2. The topological polar surface area (TPSA) is 92.9 Å². The van der Waals surface area contributed by atoms with Crippen LogP contribution in [0, 0.1) is 0 Å². The summed E-state index contributed by atoms with van der Waals surface area (Å²) in [6.45, 7) is 1.54. The van der Waals surface area contributed by atoms with Crippen molar-refractivity contribution in [3.8, 4) is 0 Å². The molecule has 1 aromatic heterocycles. The van der Waals surface area contributed by atoms with E-state index < -0.39 is 16.1 Å². The fourth-order valence-corrected chi connectivity index (χ4v) is 5.51. The van der Waals surface area contributed by atoms with E-state index in [0.29, 0.717) is 30.4 Å². The van der Waals surface area contributed by atoms with E-state index in [-0.39, 0.29) is 23.3 Å². The number of sulfonamides is 1. The summed E-state index contributed by atoms with van der Waals surface area (Å²) >= 11 is 6.86. The van der Waals surface area contributed by atoms with Crippen LogP contribution in [0.5, 0.6) is 0 Å². The van der Waals surface area contributed by atoms with E-state index in [1.54, 1.807) is 11.0 Å². The van der Waals surface area contributed by atoms with Crippen molar-refractivity contribution in [3.63, 3.8) is 0 Å². The average molecular weight is 382 g/mol. The molecule has 0 bridgehead atoms. The van der Waals surface area contributed by atoms with Gasteiger partial charge in [-0.2, -0.15) is 4.31 Å². The maximum Gasteiger partial charge on any atom is 0.252 e. The predicted molar refractivity (Wildman–Crippen MR) is 89.1 cm³/mol. The Bertz CT molecular complexity index is 649. The highest BCUT2D eigenvalue weighted by atomic mass is 35.5. The van der Waals surface area contributed by atoms with Gasteiger partial charge in [0.15, 0.2) is 0 Å². The van der Waals surface area contributed by atoms with Gasteiger partial charge in [0.05, 0.1) is 10.9 Å². The van der Waals surface area contributed by atoms with Crippen LogP contribution in [-0.2, 0) is 19.6 Å². The molecule has 0 radical (unpaired) electrons. The number of nitrogens with two attached hydrogens (primary N) is 1. The van der Waals surface area contributed by atoms with Crippen LogP contribution in [0.1, 0.15) is 6.42 Å². The molecule has 10 heteroatoms. The quantitative estimate of drug-likeness (QED) is 0.806. The normalized spacial score (nSPS) is 18.7. The number of nitrogens with zero attached hydrogens (tertiary/aromatic N) is 2. The van der Waals surface area contributed by atoms with Gasteiger partial charge in [0.25, 0.3) is 10.0 Å². The molecule has 23 heavy (non-hydrogen) atoms. The summed E-state index contributed by atoms with van der Waals surface area (Å²) in [5.74, 6) is -0.217. The van der Waals surface area contributed by atoms with Crippen LogP contribution < -0.4 is 5.73 Å². The molecule has 1 saturated heterocycles. The van der Waals surface area contributed by atoms with E-state index >= 15 is 0 Å². The molecule has 1 aliphatic heterocycles. The molecule has 1 atom stereocenters. The molecule has 0 aromatic carbocycles. The van der Waals surface area contributed by atoms with E-state index in [1.807, 2.05) is 0 Å². The van der Waals surface area contributed by atoms with Crippen LogP contribution in [-0.4, -0.2) is 69.5 Å². The number of carbonyl (C=O) groups is 1. The summed E-state index contributed by atoms with van der Waals surface area (Å²) in [4.78, 5) is 13.8. The number of hydrogen-bond acceptors (Lipinski definition) is 6. The van der Waals surface area contributed by atoms with Crippen molar-refractivity contribution in [1.29, 1.82) is 0 Å². The van der Waals surface area contributed by atoms with Crippen LogP contribution in [0.15, 0.2) is 16.3 Å². The van der Waals surface area contributed by atoms with E-state index in [4.69, 9.17) is 22.1 Å². The van der Waals surface area contributed by atoms with Crippen molar-refractivity contribution in [3.05, 3.63) is 16.5 Å². The fourth-order valence-electron chi connectivity index (χ4n) is 2.40. The second-order valence-corrected chi connectivity index (χ2v) is 9.08. The molecule has 130 valence electrons. The number of amides is 1. The van der Waals surface area contributed by atoms with Gasteiger partial charge < -0.3 is 15.4 Å². The van der Waals surface area contributed by atoms with Gasteiger partial charge in [-0.1, -0.05) is 11.6 Å². The lowest BCUT2D eigenvalue weighted by Gasteiger charge is -2.24. The van der Waals surface area contributed by atoms with Gasteiger partial charge in [0, 0.05) is 33.3 Å². The fraction of sp³-hybridized carbons (Fsp3) is 0.615. The Morgan fingerprint density at radius 2 is 2.13 bits per heavy atom. The van der Waals surface area contributed by atoms with Crippen LogP contribution in [0.25, 0.3) is 0 Å². The van der Waals surface area contributed by atoms with Gasteiger partial charge in [-0.05, 0) is 18.6 Å². The molecule has 2 N–H and O–H groups in total. The minimum absolute atomic E-state index is 0.144. The van der Waals surface area contributed by atoms with E-state index in [1.165, 1.54) is 17.5 Å². The molecule has 1 amide bonds. The Morgan fingerprint density at radius 3 is 2.74 bits per heavy atom. The molecule has 2 heterocycles. The third kappa shape index (κ3) is 4.43. The van der Waals surface area contributed by atoms with Gasteiger partial charge in [0.2, 0.25) is 5.91 Å². The monoisotopic (exact) mass is 381 g/mol. The highest BCUT2D eigenvalue weighted by Gasteiger charge is 2.30. The number of methoxy groups -OCH3 is 1. The molecular weight excluding hydrogens is 362 g/mol. The number of hydrogen-bond donors (Lipinski definition) is 1. The minimum atomic E-state index is -3.57. The first-order chi connectivity index (χ1) is 10.9. The summed E-state index contributed by atoms with van der Waals surface area (Å²) in [6, 6.07) is 2.35. The smallest absolute Gasteiger partial charge is 0.252 e. The lowest BCUT2D eigenvalue weighted by molar-refractivity contribution is -0.133. The van der Waals surface area contributed by atoms with Gasteiger partial charge in [-0.25, -0.2) is 8.42 Å². The van der Waals surface area contributed by atoms with Crippen molar-refractivity contribution < 1.29 is 17.9 Å². The summed E-state index contributed by atoms with van der Waals surface area (Å²) in [5.41, 5.74) is 5.76. The van der Waals surface area contributed by atoms with Crippen molar-refractivity contribution in [2.75, 3.05) is 39.9 Å². The molecule has 0 spiro atoms. The first-order valence-electron chi connectivity index (χ1n) is 7.15. The zero-order valence-electron chi connectivity index (χ0n) is 12.8. The zero-order chi connectivity index (χ0) is 17.0. The first kappa shape index (κ1) is 18.6. The molecule has 1 fully saturated rings. The van der Waals surface area contributed by atoms with Crippen LogP contribution >= 0.6 is 22.9 Å². The number of rotatable bonds is 5. The van der Waals surface area contributed by atoms with E-state index in [2.05, 4.69) is 0 Å². The van der Waals surface area contributed by atoms with E-state index in [0.717, 1.165) is 11.3 Å². The highest BCUT2D eigenvalue weighted by Crippen LogP contribution is 2.28. The SMILES string of the molecule is COCC(N)C(=O)N1CCCN(S(=O)(=O)c2ccc(Cl)s2)CC1. The number of ether oxygens (including phenoxy) is 1. The molecular formula is C13H20ClN3O4S2. The third-order valence-electron chi connectivity index (χ3n) is 3.57. The average Bonchev–Trinajstić information content (AvgIpc) is 2.81. The largest absolute Gasteiger partial charge is 0.383 e. The van der Waals surface area contributed by atoms with Gasteiger partial charge in [-0.3, -0.25) is 4.79 Å². The Kier molecular flexibility index (Phi) is 6.40. The van der Waals surface area contributed by atoms with E-state index in [9.17, 15) is 13.2 Å². The number of halogens is 1. The van der Waals surface area contributed by atoms with Crippen molar-refractivity contribution in [1.82, 2.24) is 9.21 Å². The summed E-state index contributed by atoms with van der Waals surface area (Å²) < 4.78 is 32.1. The molecule has 1 aromatic rings. The standard InChI is InChI=1S/C13H20ClN3O4S2/c1-21-9-10(15)13(18)16-5-2-6-17(8-7-16)23(19,20)12-4-3-11(14)22-12/h3-4,10H,2,5-9,15H2,1H3. The van der Waals surface area contributed by atoms with Crippen molar-refractivity contribution in [2.24, 2.45) is 5.73 Å². The summed E-state index contributed by atoms with van der Waals surface area (Å²) in [6.07, 6.45) is 0.559. The number of carbonyl (C=O) groups excluding carboxylic acids is 1. The Morgan fingerprint density at radius 1 is 1.39 bits per heavy atom. The third-order valence-corrected chi connectivity index (χ3v) is 7.17. The van der Waals surface area contributed by atoms with Gasteiger partial charge >= 0.3 is 0 Å². The Hall–Kier alpha value is -0.710. The lowest BCUT2D eigenvalue weighted by atomic mass is 10.2. The second kappa shape index (κ2) is 7.91. The second-order valence-electron chi connectivity index (χ2n) is 5.20. The Balaban J connectivity index is 2.05. The lowest BCUT2D eigenvalue weighted by Crippen LogP contribution is -2.47. The number of thiophene rings is 1. The van der Waals surface area contributed by atoms with Crippen LogP contribution in [0.4, 0.5) is 0 Å². The molecule has 7 nitrogen and oxygen atoms in total. The van der Waals surface area contributed by atoms with Crippen LogP contribution in [0.2, 0.25) is 4.34 Å². The Labute approximate surface area is 145 Å². The highest BCUT2D eigenvalue weighted by molar-refractivity contribution is 7.91. The summed E-state index contributed by atoms with van der Waals surface area (Å²) in [5, 5.41) is 0. The predicted octanol–water partition coefficient (Wildman–Crippen LogP) is 0.598. The first-order valence-corrected chi connectivity index (χ1v) is 9.78. The van der Waals surface area contributed by atoms with Gasteiger partial charge in [-0.15, -0.1) is 11.3 Å². The van der Waals surface area contributed by atoms with Crippen LogP contribution in [0.3, 0.4) is 0 Å². The van der Waals surface area contributed by atoms with Gasteiger partial charge in [0.1, 0.15) is 10.3 Å². The molecule has 2 rings (SSSR count). The molecule has 0 saturated carbocycles. The summed E-state index contributed by atoms with van der Waals surface area (Å²) in [7, 11) is -2.09. The maximum absolute atomic E-state index is 12.6. The molecule has 1 unspecified atom stereocenters. The van der Waals surface area contributed by atoms with Crippen molar-refractivity contribution >= 4 is 38.9 Å².